The molecule has 1 aliphatic heterocycles. The molecule has 126 valence electrons. The first-order chi connectivity index (χ1) is 11.7. The zero-order valence-corrected chi connectivity index (χ0v) is 14.2. The molecule has 0 bridgehead atoms. The second kappa shape index (κ2) is 7.63. The molecule has 0 saturated carbocycles. The molecule has 0 radical (unpaired) electrons. The quantitative estimate of drug-likeness (QED) is 0.848. The Bertz CT molecular complexity index is 683. The highest BCUT2D eigenvalue weighted by Gasteiger charge is 2.31. The summed E-state index contributed by atoms with van der Waals surface area (Å²) >= 11 is 0. The number of carbonyl (C=O) groups is 1. The molecule has 2 atom stereocenters. The molecule has 1 saturated heterocycles. The summed E-state index contributed by atoms with van der Waals surface area (Å²) in [6.45, 7) is 4.18. The van der Waals surface area contributed by atoms with Gasteiger partial charge in [-0.2, -0.15) is 0 Å². The molecule has 0 aliphatic carbocycles. The predicted molar refractivity (Wildman–Crippen MR) is 96.3 cm³/mol. The fourth-order valence-electron chi connectivity index (χ4n) is 3.97. The molecule has 0 aromatic heterocycles. The van der Waals surface area contributed by atoms with Crippen LogP contribution in [0.3, 0.4) is 0 Å². The van der Waals surface area contributed by atoms with Gasteiger partial charge in [0.05, 0.1) is 5.56 Å². The maximum Gasteiger partial charge on any atom is 0.335 e. The summed E-state index contributed by atoms with van der Waals surface area (Å²) in [5, 5.41) is 9.18. The van der Waals surface area contributed by atoms with Crippen LogP contribution in [0.4, 0.5) is 0 Å². The van der Waals surface area contributed by atoms with Gasteiger partial charge in [0.2, 0.25) is 0 Å². The van der Waals surface area contributed by atoms with Gasteiger partial charge in [-0.3, -0.25) is 4.90 Å². The van der Waals surface area contributed by atoms with Gasteiger partial charge in [-0.25, -0.2) is 4.79 Å². The lowest BCUT2D eigenvalue weighted by molar-refractivity contribution is 0.0696. The van der Waals surface area contributed by atoms with E-state index in [9.17, 15) is 9.90 Å². The Morgan fingerprint density at radius 1 is 1.21 bits per heavy atom. The van der Waals surface area contributed by atoms with Crippen LogP contribution in [0.1, 0.15) is 53.6 Å². The van der Waals surface area contributed by atoms with Crippen molar-refractivity contribution < 1.29 is 9.90 Å². The molecule has 1 N–H and O–H groups in total. The van der Waals surface area contributed by atoms with Crippen LogP contribution >= 0.6 is 0 Å². The van der Waals surface area contributed by atoms with Crippen molar-refractivity contribution in [3.63, 3.8) is 0 Å². The first kappa shape index (κ1) is 16.7. The smallest absolute Gasteiger partial charge is 0.335 e. The minimum atomic E-state index is -0.856. The molecule has 0 spiro atoms. The molecule has 0 amide bonds. The third kappa shape index (κ3) is 3.68. The van der Waals surface area contributed by atoms with E-state index in [1.807, 2.05) is 12.1 Å². The molecule has 1 heterocycles. The SMILES string of the molecule is CCC(c1ccccc1)C1CCCN1Cc1cccc(C(=O)O)c1. The average Bonchev–Trinajstić information content (AvgIpc) is 3.05. The first-order valence-corrected chi connectivity index (χ1v) is 8.80. The van der Waals surface area contributed by atoms with Crippen LogP contribution in [0, 0.1) is 0 Å². The monoisotopic (exact) mass is 323 g/mol. The Morgan fingerprint density at radius 2 is 2.00 bits per heavy atom. The topological polar surface area (TPSA) is 40.5 Å². The summed E-state index contributed by atoms with van der Waals surface area (Å²) in [4.78, 5) is 13.7. The van der Waals surface area contributed by atoms with Gasteiger partial charge in [-0.15, -0.1) is 0 Å². The van der Waals surface area contributed by atoms with Crippen molar-refractivity contribution in [1.82, 2.24) is 4.90 Å². The van der Waals surface area contributed by atoms with Crippen LogP contribution in [0.2, 0.25) is 0 Å². The van der Waals surface area contributed by atoms with E-state index in [4.69, 9.17) is 0 Å². The van der Waals surface area contributed by atoms with E-state index in [2.05, 4.69) is 42.2 Å². The van der Waals surface area contributed by atoms with Crippen LogP contribution in [0.15, 0.2) is 54.6 Å². The van der Waals surface area contributed by atoms with Gasteiger partial charge in [0, 0.05) is 12.6 Å². The van der Waals surface area contributed by atoms with Gasteiger partial charge in [0.15, 0.2) is 0 Å². The first-order valence-electron chi connectivity index (χ1n) is 8.80. The van der Waals surface area contributed by atoms with E-state index in [-0.39, 0.29) is 0 Å². The third-order valence-corrected chi connectivity index (χ3v) is 5.11. The van der Waals surface area contributed by atoms with Crippen LogP contribution < -0.4 is 0 Å². The summed E-state index contributed by atoms with van der Waals surface area (Å²) in [5.74, 6) is -0.318. The third-order valence-electron chi connectivity index (χ3n) is 5.11. The van der Waals surface area contributed by atoms with Crippen molar-refractivity contribution in [1.29, 1.82) is 0 Å². The fraction of sp³-hybridized carbons (Fsp3) is 0.381. The molecule has 1 aliphatic rings. The molecular weight excluding hydrogens is 298 g/mol. The van der Waals surface area contributed by atoms with Crippen molar-refractivity contribution in [3.8, 4) is 0 Å². The van der Waals surface area contributed by atoms with Crippen molar-refractivity contribution in [3.05, 3.63) is 71.3 Å². The zero-order valence-electron chi connectivity index (χ0n) is 14.2. The second-order valence-corrected chi connectivity index (χ2v) is 6.61. The molecule has 2 aromatic carbocycles. The minimum absolute atomic E-state index is 0.373. The number of hydrogen-bond acceptors (Lipinski definition) is 2. The van der Waals surface area contributed by atoms with E-state index >= 15 is 0 Å². The van der Waals surface area contributed by atoms with Crippen molar-refractivity contribution in [2.45, 2.75) is 44.7 Å². The van der Waals surface area contributed by atoms with E-state index in [1.54, 1.807) is 12.1 Å². The van der Waals surface area contributed by atoms with E-state index < -0.39 is 5.97 Å². The van der Waals surface area contributed by atoms with E-state index in [1.165, 1.54) is 18.4 Å². The standard InChI is InChI=1S/C21H25NO2/c1-2-19(17-9-4-3-5-10-17)20-12-7-13-22(20)15-16-8-6-11-18(14-16)21(23)24/h3-6,8-11,14,19-20H,2,7,12-13,15H2,1H3,(H,23,24). The van der Waals surface area contributed by atoms with Gasteiger partial charge in [0.1, 0.15) is 0 Å². The van der Waals surface area contributed by atoms with Crippen LogP contribution in [-0.4, -0.2) is 28.6 Å². The van der Waals surface area contributed by atoms with Gasteiger partial charge in [-0.05, 0) is 55.0 Å². The summed E-state index contributed by atoms with van der Waals surface area (Å²) in [6.07, 6.45) is 3.55. The Labute approximate surface area is 143 Å². The molecular formula is C21H25NO2. The summed E-state index contributed by atoms with van der Waals surface area (Å²) in [5.41, 5.74) is 2.87. The van der Waals surface area contributed by atoms with Crippen molar-refractivity contribution in [2.75, 3.05) is 6.54 Å². The van der Waals surface area contributed by atoms with E-state index in [0.29, 0.717) is 17.5 Å². The number of nitrogens with zero attached hydrogens (tertiary/aromatic N) is 1. The Morgan fingerprint density at radius 3 is 2.71 bits per heavy atom. The summed E-state index contributed by atoms with van der Waals surface area (Å²) < 4.78 is 0. The maximum absolute atomic E-state index is 11.2. The number of carboxylic acid groups (broad SMARTS) is 1. The molecule has 2 unspecified atom stereocenters. The maximum atomic E-state index is 11.2. The molecule has 3 rings (SSSR count). The lowest BCUT2D eigenvalue weighted by atomic mass is 9.87. The normalized spacial score (nSPS) is 19.3. The zero-order chi connectivity index (χ0) is 16.9. The van der Waals surface area contributed by atoms with Crippen molar-refractivity contribution in [2.24, 2.45) is 0 Å². The molecule has 3 nitrogen and oxygen atoms in total. The molecule has 2 aromatic rings. The molecule has 3 heteroatoms. The number of aromatic carboxylic acids is 1. The summed E-state index contributed by atoms with van der Waals surface area (Å²) in [6, 6.07) is 18.6. The number of carboxylic acids is 1. The van der Waals surface area contributed by atoms with Gasteiger partial charge in [0.25, 0.3) is 0 Å². The highest BCUT2D eigenvalue weighted by atomic mass is 16.4. The largest absolute Gasteiger partial charge is 0.478 e. The molecule has 24 heavy (non-hydrogen) atoms. The average molecular weight is 323 g/mol. The van der Waals surface area contributed by atoms with Crippen LogP contribution in [-0.2, 0) is 6.54 Å². The number of hydrogen-bond donors (Lipinski definition) is 1. The molecule has 1 fully saturated rings. The van der Waals surface area contributed by atoms with Gasteiger partial charge < -0.3 is 5.11 Å². The Hall–Kier alpha value is -2.13. The van der Waals surface area contributed by atoms with Gasteiger partial charge >= 0.3 is 5.97 Å². The summed E-state index contributed by atoms with van der Waals surface area (Å²) in [7, 11) is 0. The lowest BCUT2D eigenvalue weighted by Gasteiger charge is -2.31. The number of rotatable bonds is 6. The second-order valence-electron chi connectivity index (χ2n) is 6.61. The lowest BCUT2D eigenvalue weighted by Crippen LogP contribution is -2.34. The van der Waals surface area contributed by atoms with Crippen molar-refractivity contribution >= 4 is 5.97 Å². The minimum Gasteiger partial charge on any atom is -0.478 e. The predicted octanol–water partition coefficient (Wildman–Crippen LogP) is 4.54. The number of benzene rings is 2. The highest BCUT2D eigenvalue weighted by Crippen LogP contribution is 2.34. The Balaban J connectivity index is 1.78. The van der Waals surface area contributed by atoms with Crippen LogP contribution in [0.5, 0.6) is 0 Å². The van der Waals surface area contributed by atoms with Gasteiger partial charge in [-0.1, -0.05) is 49.4 Å². The Kier molecular flexibility index (Phi) is 5.31. The number of likely N-dealkylation sites (tertiary alicyclic amines) is 1. The fourth-order valence-corrected chi connectivity index (χ4v) is 3.97. The van der Waals surface area contributed by atoms with Crippen LogP contribution in [0.25, 0.3) is 0 Å². The van der Waals surface area contributed by atoms with E-state index in [0.717, 1.165) is 25.1 Å². The highest BCUT2D eigenvalue weighted by molar-refractivity contribution is 5.87.